The molecule has 0 saturated carbocycles. The van der Waals surface area contributed by atoms with E-state index in [4.69, 9.17) is 4.55 Å². The zero-order valence-electron chi connectivity index (χ0n) is 15.4. The maximum Gasteiger partial charge on any atom is 0.280 e. The smallest absolute Gasteiger partial charge is 0.280 e. The predicted molar refractivity (Wildman–Crippen MR) is 99.3 cm³/mol. The minimum Gasteiger partial charge on any atom is -0.299 e. The summed E-state index contributed by atoms with van der Waals surface area (Å²) in [5.41, 5.74) is 0. The van der Waals surface area contributed by atoms with Crippen molar-refractivity contribution >= 4 is 10.1 Å². The van der Waals surface area contributed by atoms with Crippen LogP contribution in [0.5, 0.6) is 0 Å². The topological polar surface area (TPSA) is 66.4 Å². The second kappa shape index (κ2) is 15.4. The maximum absolute atomic E-state index is 10.8. The van der Waals surface area contributed by atoms with Gasteiger partial charge in [-0.15, -0.1) is 0 Å². The van der Waals surface area contributed by atoms with Crippen LogP contribution in [-0.2, 0) is 10.1 Å². The molecule has 0 amide bonds. The van der Waals surface area contributed by atoms with Crippen molar-refractivity contribution in [3.8, 4) is 0 Å². The molecule has 140 valence electrons. The van der Waals surface area contributed by atoms with Crippen LogP contribution in [0.2, 0.25) is 0 Å². The molecule has 0 fully saturated rings. The standard InChI is InChI=1S/C18H39NO3S/c1-3-4-5-6-7-8-9-10-11-12-13-14-15-16-17-19-18(2)23(20,21)22/h18-19H,3-17H2,1-2H3,(H,20,21,22). The summed E-state index contributed by atoms with van der Waals surface area (Å²) < 4.78 is 30.4. The van der Waals surface area contributed by atoms with E-state index in [1.807, 2.05) is 0 Å². The third-order valence-electron chi connectivity index (χ3n) is 4.41. The summed E-state index contributed by atoms with van der Waals surface area (Å²) in [4.78, 5) is 0. The van der Waals surface area contributed by atoms with E-state index in [1.165, 1.54) is 84.0 Å². The minimum absolute atomic E-state index is 0.652. The number of hydrogen-bond donors (Lipinski definition) is 2. The molecule has 0 spiro atoms. The van der Waals surface area contributed by atoms with Crippen molar-refractivity contribution in [2.24, 2.45) is 0 Å². The Balaban J connectivity index is 3.14. The van der Waals surface area contributed by atoms with E-state index in [1.54, 1.807) is 0 Å². The van der Waals surface area contributed by atoms with E-state index in [9.17, 15) is 8.42 Å². The summed E-state index contributed by atoms with van der Waals surface area (Å²) >= 11 is 0. The highest BCUT2D eigenvalue weighted by Gasteiger charge is 2.15. The van der Waals surface area contributed by atoms with Gasteiger partial charge in [0, 0.05) is 0 Å². The Hall–Kier alpha value is -0.130. The first-order valence-corrected chi connectivity index (χ1v) is 11.2. The zero-order valence-corrected chi connectivity index (χ0v) is 16.2. The van der Waals surface area contributed by atoms with Gasteiger partial charge in [0.05, 0.1) is 0 Å². The first kappa shape index (κ1) is 22.9. The van der Waals surface area contributed by atoms with E-state index in [2.05, 4.69) is 12.2 Å². The number of unbranched alkanes of at least 4 members (excludes halogenated alkanes) is 13. The first-order chi connectivity index (χ1) is 11.0. The molecule has 2 N–H and O–H groups in total. The number of hydrogen-bond acceptors (Lipinski definition) is 3. The monoisotopic (exact) mass is 349 g/mol. The van der Waals surface area contributed by atoms with Crippen LogP contribution in [0.1, 0.15) is 104 Å². The fourth-order valence-electron chi connectivity index (χ4n) is 2.73. The Morgan fingerprint density at radius 1 is 0.739 bits per heavy atom. The van der Waals surface area contributed by atoms with Crippen LogP contribution >= 0.6 is 0 Å². The van der Waals surface area contributed by atoms with Gasteiger partial charge in [-0.25, -0.2) is 0 Å². The van der Waals surface area contributed by atoms with Crippen molar-refractivity contribution in [2.75, 3.05) is 6.54 Å². The Morgan fingerprint density at radius 3 is 1.43 bits per heavy atom. The Kier molecular flexibility index (Phi) is 15.3. The summed E-state index contributed by atoms with van der Waals surface area (Å²) in [6.07, 6.45) is 18.4. The molecule has 0 aromatic carbocycles. The Bertz CT molecular complexity index is 344. The molecule has 0 aliphatic carbocycles. The van der Waals surface area contributed by atoms with Crippen LogP contribution in [0.25, 0.3) is 0 Å². The number of rotatable bonds is 17. The number of nitrogens with one attached hydrogen (secondary N) is 1. The molecule has 1 atom stereocenters. The average molecular weight is 350 g/mol. The molecule has 1 unspecified atom stereocenters. The van der Waals surface area contributed by atoms with Gasteiger partial charge >= 0.3 is 0 Å². The fourth-order valence-corrected chi connectivity index (χ4v) is 3.06. The molecule has 4 nitrogen and oxygen atoms in total. The lowest BCUT2D eigenvalue weighted by atomic mass is 10.0. The van der Waals surface area contributed by atoms with Gasteiger partial charge in [0.15, 0.2) is 0 Å². The van der Waals surface area contributed by atoms with Crippen LogP contribution in [0.3, 0.4) is 0 Å². The molecule has 0 aliphatic rings. The van der Waals surface area contributed by atoms with Crippen molar-refractivity contribution in [3.05, 3.63) is 0 Å². The molecule has 0 bridgehead atoms. The molecule has 0 heterocycles. The molecule has 23 heavy (non-hydrogen) atoms. The first-order valence-electron chi connectivity index (χ1n) is 9.68. The lowest BCUT2D eigenvalue weighted by Crippen LogP contribution is -2.34. The highest BCUT2D eigenvalue weighted by molar-refractivity contribution is 7.86. The lowest BCUT2D eigenvalue weighted by Gasteiger charge is -2.10. The van der Waals surface area contributed by atoms with Crippen molar-refractivity contribution in [1.29, 1.82) is 0 Å². The van der Waals surface area contributed by atoms with Crippen molar-refractivity contribution < 1.29 is 13.0 Å². The summed E-state index contributed by atoms with van der Waals surface area (Å²) in [6, 6.07) is 0. The maximum atomic E-state index is 10.8. The van der Waals surface area contributed by atoms with Crippen LogP contribution < -0.4 is 5.32 Å². The zero-order chi connectivity index (χ0) is 17.4. The highest BCUT2D eigenvalue weighted by atomic mass is 32.2. The molecular weight excluding hydrogens is 310 g/mol. The van der Waals surface area contributed by atoms with Crippen molar-refractivity contribution in [3.63, 3.8) is 0 Å². The van der Waals surface area contributed by atoms with E-state index in [-0.39, 0.29) is 0 Å². The van der Waals surface area contributed by atoms with Gasteiger partial charge in [-0.1, -0.05) is 90.4 Å². The van der Waals surface area contributed by atoms with Gasteiger partial charge in [-0.05, 0) is 19.9 Å². The third-order valence-corrected chi connectivity index (χ3v) is 5.47. The Morgan fingerprint density at radius 2 is 1.09 bits per heavy atom. The van der Waals surface area contributed by atoms with Crippen LogP contribution in [-0.4, -0.2) is 24.9 Å². The molecule has 0 aromatic heterocycles. The molecular formula is C18H39NO3S. The van der Waals surface area contributed by atoms with Crippen molar-refractivity contribution in [1.82, 2.24) is 5.32 Å². The lowest BCUT2D eigenvalue weighted by molar-refractivity contribution is 0.452. The molecule has 0 rings (SSSR count). The molecule has 0 aromatic rings. The van der Waals surface area contributed by atoms with Crippen LogP contribution in [0.4, 0.5) is 0 Å². The SMILES string of the molecule is CCCCCCCCCCCCCCCCNC(C)S(=O)(=O)O. The third kappa shape index (κ3) is 16.5. The average Bonchev–Trinajstić information content (AvgIpc) is 2.50. The normalized spacial score (nSPS) is 13.3. The molecule has 5 heteroatoms. The van der Waals surface area contributed by atoms with Gasteiger partial charge in [-0.3, -0.25) is 9.87 Å². The van der Waals surface area contributed by atoms with Gasteiger partial charge in [0.2, 0.25) is 0 Å². The second-order valence-corrected chi connectivity index (χ2v) is 8.44. The quantitative estimate of drug-likeness (QED) is 0.276. The van der Waals surface area contributed by atoms with E-state index >= 15 is 0 Å². The fraction of sp³-hybridized carbons (Fsp3) is 1.00. The predicted octanol–water partition coefficient (Wildman–Crippen LogP) is 5.29. The van der Waals surface area contributed by atoms with E-state index < -0.39 is 15.5 Å². The van der Waals surface area contributed by atoms with Gasteiger partial charge in [0.1, 0.15) is 5.37 Å². The molecule has 0 saturated heterocycles. The molecule has 0 aliphatic heterocycles. The summed E-state index contributed by atoms with van der Waals surface area (Å²) in [5.74, 6) is 0. The minimum atomic E-state index is -3.93. The van der Waals surface area contributed by atoms with Gasteiger partial charge in [-0.2, -0.15) is 8.42 Å². The summed E-state index contributed by atoms with van der Waals surface area (Å²) in [5, 5.41) is 1.97. The second-order valence-electron chi connectivity index (χ2n) is 6.71. The summed E-state index contributed by atoms with van der Waals surface area (Å²) in [7, 11) is -3.93. The van der Waals surface area contributed by atoms with Gasteiger partial charge < -0.3 is 0 Å². The molecule has 0 radical (unpaired) electrons. The van der Waals surface area contributed by atoms with Crippen LogP contribution in [0, 0.1) is 0 Å². The van der Waals surface area contributed by atoms with Crippen LogP contribution in [0.15, 0.2) is 0 Å². The van der Waals surface area contributed by atoms with Gasteiger partial charge in [0.25, 0.3) is 10.1 Å². The highest BCUT2D eigenvalue weighted by Crippen LogP contribution is 2.12. The van der Waals surface area contributed by atoms with E-state index in [0.29, 0.717) is 6.54 Å². The van der Waals surface area contributed by atoms with E-state index in [0.717, 1.165) is 12.8 Å². The van der Waals surface area contributed by atoms with Crippen molar-refractivity contribution in [2.45, 2.75) is 109 Å². The summed E-state index contributed by atoms with van der Waals surface area (Å²) in [6.45, 7) is 4.38. The largest absolute Gasteiger partial charge is 0.299 e. The Labute approximate surface area is 144 Å².